The van der Waals surface area contributed by atoms with Crippen LogP contribution in [0.1, 0.15) is 11.7 Å². The van der Waals surface area contributed by atoms with Crippen LogP contribution in [0.5, 0.6) is 5.75 Å². The summed E-state index contributed by atoms with van der Waals surface area (Å²) in [6.45, 7) is -1.26. The van der Waals surface area contributed by atoms with Gasteiger partial charge in [-0.1, -0.05) is 0 Å². The Morgan fingerprint density at radius 2 is 1.53 bits per heavy atom. The van der Waals surface area contributed by atoms with E-state index in [4.69, 9.17) is 14.2 Å². The van der Waals surface area contributed by atoms with E-state index in [9.17, 15) is 51.0 Å². The normalized spacial score (nSPS) is 40.2. The number of phenolic OH excluding ortho intramolecular Hbond substituents is 1. The molecule has 0 spiro atoms. The van der Waals surface area contributed by atoms with Gasteiger partial charge in [-0.25, -0.2) is 0 Å². The molecule has 0 amide bonds. The molecule has 8 N–H and O–H groups in total. The van der Waals surface area contributed by atoms with Crippen LogP contribution in [0.2, 0.25) is 0 Å². The summed E-state index contributed by atoms with van der Waals surface area (Å²) in [6.07, 6.45) is -15.9. The number of nitro groups is 1. The van der Waals surface area contributed by atoms with Gasteiger partial charge in [0.25, 0.3) is 5.69 Å². The highest BCUT2D eigenvalue weighted by Crippen LogP contribution is 2.38. The number of hydrogen-bond donors (Lipinski definition) is 8. The van der Waals surface area contributed by atoms with Gasteiger partial charge in [0, 0.05) is 17.7 Å². The Kier molecular flexibility index (Phi) is 7.61. The summed E-state index contributed by atoms with van der Waals surface area (Å²) >= 11 is 0. The van der Waals surface area contributed by atoms with Gasteiger partial charge >= 0.3 is 0 Å². The fourth-order valence-corrected chi connectivity index (χ4v) is 3.62. The van der Waals surface area contributed by atoms with Gasteiger partial charge in [-0.3, -0.25) is 10.1 Å². The zero-order chi connectivity index (χ0) is 23.7. The van der Waals surface area contributed by atoms with Crippen LogP contribution in [0.15, 0.2) is 18.2 Å². The maximum absolute atomic E-state index is 11.0. The first-order valence-electron chi connectivity index (χ1n) is 9.65. The number of ether oxygens (including phenoxy) is 3. The Hall–Kier alpha value is -1.98. The van der Waals surface area contributed by atoms with Gasteiger partial charge in [0.15, 0.2) is 6.29 Å². The Balaban J connectivity index is 1.76. The second-order valence-corrected chi connectivity index (χ2v) is 7.60. The maximum Gasteiger partial charge on any atom is 0.270 e. The maximum atomic E-state index is 11.0. The van der Waals surface area contributed by atoms with Crippen molar-refractivity contribution in [3.63, 3.8) is 0 Å². The molecule has 0 radical (unpaired) electrons. The summed E-state index contributed by atoms with van der Waals surface area (Å²) in [6, 6.07) is 2.99. The zero-order valence-electron chi connectivity index (χ0n) is 16.5. The van der Waals surface area contributed by atoms with Crippen LogP contribution in [0.3, 0.4) is 0 Å². The first-order valence-corrected chi connectivity index (χ1v) is 9.65. The molecule has 180 valence electrons. The third kappa shape index (κ3) is 4.69. The number of aliphatic hydroxyl groups is 7. The van der Waals surface area contributed by atoms with Gasteiger partial charge in [-0.2, -0.15) is 0 Å². The Morgan fingerprint density at radius 3 is 2.16 bits per heavy atom. The van der Waals surface area contributed by atoms with Crippen LogP contribution in [0, 0.1) is 10.1 Å². The summed E-state index contributed by atoms with van der Waals surface area (Å²) in [4.78, 5) is 10.3. The van der Waals surface area contributed by atoms with Crippen LogP contribution in [0.25, 0.3) is 0 Å². The summed E-state index contributed by atoms with van der Waals surface area (Å²) in [5.41, 5.74) is -0.626. The number of nitro benzene ring substituents is 1. The van der Waals surface area contributed by atoms with Crippen LogP contribution in [-0.2, 0) is 14.2 Å². The summed E-state index contributed by atoms with van der Waals surface area (Å²) in [7, 11) is 0. The molecular weight excluding hydrogens is 438 g/mol. The molecule has 2 heterocycles. The van der Waals surface area contributed by atoms with Crippen molar-refractivity contribution in [3.8, 4) is 5.75 Å². The summed E-state index contributed by atoms with van der Waals surface area (Å²) in [5.74, 6) is -0.461. The van der Waals surface area contributed by atoms with Gasteiger partial charge in [0.1, 0.15) is 60.7 Å². The quantitative estimate of drug-likeness (QED) is 0.152. The van der Waals surface area contributed by atoms with Crippen molar-refractivity contribution in [3.05, 3.63) is 33.9 Å². The number of rotatable bonds is 6. The van der Waals surface area contributed by atoms with Crippen LogP contribution >= 0.6 is 0 Å². The zero-order valence-corrected chi connectivity index (χ0v) is 16.5. The number of nitrogens with zero attached hydrogens (tertiary/aromatic N) is 1. The molecule has 0 aliphatic carbocycles. The highest BCUT2D eigenvalue weighted by molar-refractivity contribution is 5.45. The van der Waals surface area contributed by atoms with Gasteiger partial charge in [-0.05, 0) is 6.07 Å². The van der Waals surface area contributed by atoms with E-state index in [0.717, 1.165) is 18.2 Å². The summed E-state index contributed by atoms with van der Waals surface area (Å²) in [5, 5.41) is 90.8. The van der Waals surface area contributed by atoms with Gasteiger partial charge in [0.05, 0.1) is 18.1 Å². The third-order valence-corrected chi connectivity index (χ3v) is 5.51. The lowest BCUT2D eigenvalue weighted by Crippen LogP contribution is -2.60. The number of phenols is 1. The molecule has 2 aliphatic heterocycles. The predicted octanol–water partition coefficient (Wildman–Crippen LogP) is -3.36. The minimum atomic E-state index is -1.80. The minimum Gasteiger partial charge on any atom is -0.508 e. The smallest absolute Gasteiger partial charge is 0.270 e. The molecule has 0 aromatic heterocycles. The van der Waals surface area contributed by atoms with Crippen molar-refractivity contribution in [1.82, 2.24) is 0 Å². The standard InChI is InChI=1S/C18H25NO13/c20-4-9-11(22)14(25)16(27)18(32-9)30-5-10-12(23)13(24)15(26)17(31-10)7-3-6(19(28)29)1-2-8(7)21/h1-3,9-18,20-27H,4-5H2/t9-,10-,11-,12-,13+,14+,15-,16-,17+,18-/m1/s1. The molecule has 2 aliphatic rings. The Labute approximate surface area is 180 Å². The lowest BCUT2D eigenvalue weighted by molar-refractivity contribution is -0.385. The van der Waals surface area contributed by atoms with E-state index in [1.807, 2.05) is 0 Å². The molecule has 2 saturated heterocycles. The van der Waals surface area contributed by atoms with Crippen molar-refractivity contribution in [1.29, 1.82) is 0 Å². The average Bonchev–Trinajstić information content (AvgIpc) is 2.77. The lowest BCUT2D eigenvalue weighted by Gasteiger charge is -2.43. The fraction of sp³-hybridized carbons (Fsp3) is 0.667. The largest absolute Gasteiger partial charge is 0.508 e. The summed E-state index contributed by atoms with van der Waals surface area (Å²) < 4.78 is 16.0. The number of benzene rings is 1. The average molecular weight is 463 g/mol. The monoisotopic (exact) mass is 463 g/mol. The lowest BCUT2D eigenvalue weighted by atomic mass is 9.90. The van der Waals surface area contributed by atoms with Gasteiger partial charge in [-0.15, -0.1) is 0 Å². The molecule has 14 heteroatoms. The van der Waals surface area contributed by atoms with Crippen molar-refractivity contribution >= 4 is 5.69 Å². The molecule has 10 atom stereocenters. The highest BCUT2D eigenvalue weighted by atomic mass is 16.7. The SMILES string of the molecule is O=[N+]([O-])c1ccc(O)c([C@@H]2O[C@H](CO[C@@H]3O[C@H](CO)[C@@H](O)[C@H](O)[C@H]3O)[C@@H](O)[C@H](O)[C@H]2O)c1. The van der Waals surface area contributed by atoms with Crippen LogP contribution in [0.4, 0.5) is 5.69 Å². The molecule has 3 rings (SSSR count). The van der Waals surface area contributed by atoms with Crippen LogP contribution < -0.4 is 0 Å². The van der Waals surface area contributed by atoms with Crippen molar-refractivity contribution in [2.75, 3.05) is 13.2 Å². The second kappa shape index (κ2) is 9.88. The van der Waals surface area contributed by atoms with Crippen molar-refractivity contribution in [2.45, 2.75) is 61.2 Å². The van der Waals surface area contributed by atoms with E-state index in [2.05, 4.69) is 0 Å². The molecule has 0 saturated carbocycles. The second-order valence-electron chi connectivity index (χ2n) is 7.60. The first kappa shape index (κ1) is 24.7. The van der Waals surface area contributed by atoms with E-state index in [1.54, 1.807) is 0 Å². The minimum absolute atomic E-state index is 0.213. The Morgan fingerprint density at radius 1 is 0.906 bits per heavy atom. The van der Waals surface area contributed by atoms with Crippen molar-refractivity contribution in [2.24, 2.45) is 0 Å². The first-order chi connectivity index (χ1) is 15.1. The number of non-ortho nitro benzene ring substituents is 1. The van der Waals surface area contributed by atoms with Gasteiger partial charge in [0.2, 0.25) is 0 Å². The molecule has 1 aromatic rings. The Bertz CT molecular complexity index is 807. The molecular formula is C18H25NO13. The predicted molar refractivity (Wildman–Crippen MR) is 100 cm³/mol. The van der Waals surface area contributed by atoms with E-state index < -0.39 is 90.8 Å². The highest BCUT2D eigenvalue weighted by Gasteiger charge is 2.48. The van der Waals surface area contributed by atoms with E-state index >= 15 is 0 Å². The number of aliphatic hydroxyl groups excluding tert-OH is 7. The van der Waals surface area contributed by atoms with Crippen LogP contribution in [-0.4, -0.2) is 114 Å². The molecule has 0 unspecified atom stereocenters. The van der Waals surface area contributed by atoms with Gasteiger partial charge < -0.3 is 55.1 Å². The fourth-order valence-electron chi connectivity index (χ4n) is 3.62. The molecule has 0 bridgehead atoms. The van der Waals surface area contributed by atoms with E-state index in [1.165, 1.54) is 0 Å². The van der Waals surface area contributed by atoms with Crippen molar-refractivity contribution < 1.29 is 60.0 Å². The van der Waals surface area contributed by atoms with E-state index in [0.29, 0.717) is 0 Å². The number of hydrogen-bond acceptors (Lipinski definition) is 13. The topological polar surface area (TPSA) is 233 Å². The molecule has 1 aromatic carbocycles. The number of aromatic hydroxyl groups is 1. The van der Waals surface area contributed by atoms with E-state index in [-0.39, 0.29) is 5.56 Å². The molecule has 14 nitrogen and oxygen atoms in total. The third-order valence-electron chi connectivity index (χ3n) is 5.51. The molecule has 2 fully saturated rings. The molecule has 32 heavy (non-hydrogen) atoms.